The molecule has 180 valence electrons. The van der Waals surface area contributed by atoms with E-state index in [1.165, 1.54) is 19.1 Å². The molecule has 0 aromatic heterocycles. The van der Waals surface area contributed by atoms with Gasteiger partial charge in [0.05, 0.1) is 39.0 Å². The van der Waals surface area contributed by atoms with Gasteiger partial charge in [0.15, 0.2) is 11.5 Å². The highest BCUT2D eigenvalue weighted by Gasteiger charge is 2.46. The minimum Gasteiger partial charge on any atom is -0.507 e. The summed E-state index contributed by atoms with van der Waals surface area (Å²) in [5.41, 5.74) is 1.01. The normalized spacial score (nSPS) is 20.6. The van der Waals surface area contributed by atoms with Gasteiger partial charge in [-0.3, -0.25) is 14.5 Å². The highest BCUT2D eigenvalue weighted by molar-refractivity contribution is 6.46. The molecule has 8 nitrogen and oxygen atoms in total. The molecule has 0 saturated carbocycles. The average molecular weight is 487 g/mol. The molecule has 2 aliphatic heterocycles. The fraction of sp³-hybridized carbons (Fsp3) is 0.360. The van der Waals surface area contributed by atoms with Crippen LogP contribution < -0.4 is 9.47 Å². The van der Waals surface area contributed by atoms with Crippen LogP contribution in [0.15, 0.2) is 48.0 Å². The van der Waals surface area contributed by atoms with Crippen LogP contribution in [0.5, 0.6) is 11.5 Å². The van der Waals surface area contributed by atoms with Gasteiger partial charge in [0.25, 0.3) is 11.7 Å². The summed E-state index contributed by atoms with van der Waals surface area (Å²) in [6, 6.07) is 11.0. The lowest BCUT2D eigenvalue weighted by atomic mass is 9.95. The summed E-state index contributed by atoms with van der Waals surface area (Å²) in [6.07, 6.45) is 0. The Labute approximate surface area is 203 Å². The third kappa shape index (κ3) is 4.75. The first-order valence-corrected chi connectivity index (χ1v) is 11.4. The molecule has 2 aliphatic rings. The lowest BCUT2D eigenvalue weighted by Gasteiger charge is -2.31. The van der Waals surface area contributed by atoms with E-state index in [-0.39, 0.29) is 11.3 Å². The SMILES string of the molecule is COc1ccc(C(O)=C2C(=O)C(=O)N(CCN3CCOCC3)[C@@H]2c2cccc(Cl)c2)cc1OC. The number of aliphatic hydroxyl groups is 1. The van der Waals surface area contributed by atoms with Crippen LogP contribution in [0.1, 0.15) is 17.2 Å². The fourth-order valence-electron chi connectivity index (χ4n) is 4.35. The van der Waals surface area contributed by atoms with Crippen molar-refractivity contribution in [3.63, 3.8) is 0 Å². The molecule has 1 N–H and O–H groups in total. The maximum absolute atomic E-state index is 13.2. The molecular weight excluding hydrogens is 460 g/mol. The highest BCUT2D eigenvalue weighted by Crippen LogP contribution is 2.41. The van der Waals surface area contributed by atoms with Crippen LogP contribution in [-0.2, 0) is 14.3 Å². The van der Waals surface area contributed by atoms with Crippen molar-refractivity contribution in [3.8, 4) is 11.5 Å². The second kappa shape index (κ2) is 10.5. The molecule has 0 radical (unpaired) electrons. The molecule has 2 saturated heterocycles. The molecule has 1 amide bonds. The minimum absolute atomic E-state index is 0.0152. The molecule has 34 heavy (non-hydrogen) atoms. The van der Waals surface area contributed by atoms with Crippen molar-refractivity contribution in [2.24, 2.45) is 0 Å². The van der Waals surface area contributed by atoms with E-state index in [4.69, 9.17) is 25.8 Å². The van der Waals surface area contributed by atoms with Crippen molar-refractivity contribution < 1.29 is 28.9 Å². The van der Waals surface area contributed by atoms with E-state index in [0.717, 1.165) is 13.1 Å². The number of ketones is 1. The maximum atomic E-state index is 13.2. The smallest absolute Gasteiger partial charge is 0.295 e. The number of methoxy groups -OCH3 is 2. The van der Waals surface area contributed by atoms with Gasteiger partial charge in [-0.2, -0.15) is 0 Å². The van der Waals surface area contributed by atoms with E-state index < -0.39 is 17.7 Å². The first-order chi connectivity index (χ1) is 16.4. The standard InChI is InChI=1S/C25H27ClN2O6/c1-32-19-7-6-17(15-20(19)33-2)23(29)21-22(16-4-3-5-18(26)14-16)28(25(31)24(21)30)9-8-27-10-12-34-13-11-27/h3-7,14-15,22,29H,8-13H2,1-2H3/t22-/m1/s1. The largest absolute Gasteiger partial charge is 0.507 e. The van der Waals surface area contributed by atoms with Crippen LogP contribution in [0, 0.1) is 0 Å². The number of hydrogen-bond acceptors (Lipinski definition) is 7. The van der Waals surface area contributed by atoms with Gasteiger partial charge in [0, 0.05) is 36.8 Å². The molecule has 2 fully saturated rings. The Bertz CT molecular complexity index is 1110. The number of morpholine rings is 1. The first-order valence-electron chi connectivity index (χ1n) is 11.0. The molecular formula is C25H27ClN2O6. The van der Waals surface area contributed by atoms with Gasteiger partial charge in [-0.1, -0.05) is 23.7 Å². The van der Waals surface area contributed by atoms with Gasteiger partial charge in [-0.15, -0.1) is 0 Å². The molecule has 0 bridgehead atoms. The number of hydrogen-bond donors (Lipinski definition) is 1. The molecule has 2 aromatic carbocycles. The zero-order valence-electron chi connectivity index (χ0n) is 19.1. The fourth-order valence-corrected chi connectivity index (χ4v) is 4.55. The molecule has 2 heterocycles. The molecule has 1 atom stereocenters. The number of amides is 1. The Morgan fingerprint density at radius 3 is 2.47 bits per heavy atom. The van der Waals surface area contributed by atoms with Crippen LogP contribution in [0.2, 0.25) is 5.02 Å². The maximum Gasteiger partial charge on any atom is 0.295 e. The summed E-state index contributed by atoms with van der Waals surface area (Å²) in [5, 5.41) is 11.7. The molecule has 9 heteroatoms. The van der Waals surface area contributed by atoms with E-state index in [0.29, 0.717) is 54.0 Å². The number of rotatable bonds is 7. The number of Topliss-reactive ketones (excluding diaryl/α,β-unsaturated/α-hetero) is 1. The van der Waals surface area contributed by atoms with Crippen molar-refractivity contribution in [3.05, 3.63) is 64.2 Å². The van der Waals surface area contributed by atoms with Crippen molar-refractivity contribution in [2.75, 3.05) is 53.6 Å². The summed E-state index contributed by atoms with van der Waals surface area (Å²) in [6.45, 7) is 3.70. The number of carbonyl (C=O) groups is 2. The topological polar surface area (TPSA) is 88.5 Å². The Hall–Kier alpha value is -3.07. The number of nitrogens with zero attached hydrogens (tertiary/aromatic N) is 2. The number of aliphatic hydroxyl groups excluding tert-OH is 1. The lowest BCUT2D eigenvalue weighted by Crippen LogP contribution is -2.42. The number of halogens is 1. The quantitative estimate of drug-likeness (QED) is 0.365. The summed E-state index contributed by atoms with van der Waals surface area (Å²) in [5.74, 6) is -0.790. The number of benzene rings is 2. The first kappa shape index (κ1) is 24.1. The van der Waals surface area contributed by atoms with Gasteiger partial charge in [0.1, 0.15) is 5.76 Å². The summed E-state index contributed by atoms with van der Waals surface area (Å²) < 4.78 is 16.0. The number of likely N-dealkylation sites (tertiary alicyclic amines) is 1. The highest BCUT2D eigenvalue weighted by atomic mass is 35.5. The second-order valence-corrected chi connectivity index (χ2v) is 8.51. The van der Waals surface area contributed by atoms with E-state index in [2.05, 4.69) is 4.90 Å². The van der Waals surface area contributed by atoms with E-state index in [9.17, 15) is 14.7 Å². The molecule has 2 aromatic rings. The summed E-state index contributed by atoms with van der Waals surface area (Å²) in [4.78, 5) is 30.0. The van der Waals surface area contributed by atoms with Gasteiger partial charge in [0.2, 0.25) is 0 Å². The van der Waals surface area contributed by atoms with Crippen LogP contribution in [0.25, 0.3) is 5.76 Å². The predicted octanol–water partition coefficient (Wildman–Crippen LogP) is 3.11. The third-order valence-corrected chi connectivity index (χ3v) is 6.36. The van der Waals surface area contributed by atoms with Crippen molar-refractivity contribution in [2.45, 2.75) is 6.04 Å². The predicted molar refractivity (Wildman–Crippen MR) is 127 cm³/mol. The Morgan fingerprint density at radius 1 is 1.06 bits per heavy atom. The molecule has 4 rings (SSSR count). The van der Waals surface area contributed by atoms with Crippen LogP contribution in [0.4, 0.5) is 0 Å². The Morgan fingerprint density at radius 2 is 1.79 bits per heavy atom. The second-order valence-electron chi connectivity index (χ2n) is 8.07. The van der Waals surface area contributed by atoms with Crippen LogP contribution >= 0.6 is 11.6 Å². The number of ether oxygens (including phenoxy) is 3. The van der Waals surface area contributed by atoms with Gasteiger partial charge < -0.3 is 24.2 Å². The van der Waals surface area contributed by atoms with E-state index in [1.54, 1.807) is 42.5 Å². The zero-order chi connectivity index (χ0) is 24.2. The minimum atomic E-state index is -0.771. The average Bonchev–Trinajstić information content (AvgIpc) is 3.12. The zero-order valence-corrected chi connectivity index (χ0v) is 19.9. The van der Waals surface area contributed by atoms with E-state index in [1.807, 2.05) is 0 Å². The number of carbonyl (C=O) groups excluding carboxylic acids is 2. The summed E-state index contributed by atoms with van der Waals surface area (Å²) >= 11 is 6.24. The van der Waals surface area contributed by atoms with Crippen LogP contribution in [-0.4, -0.2) is 80.2 Å². The van der Waals surface area contributed by atoms with E-state index >= 15 is 0 Å². The lowest BCUT2D eigenvalue weighted by molar-refractivity contribution is -0.140. The summed E-state index contributed by atoms with van der Waals surface area (Å²) in [7, 11) is 2.99. The van der Waals surface area contributed by atoms with Crippen LogP contribution in [0.3, 0.4) is 0 Å². The van der Waals surface area contributed by atoms with Crippen molar-refractivity contribution in [1.29, 1.82) is 0 Å². The Balaban J connectivity index is 1.76. The monoisotopic (exact) mass is 486 g/mol. The van der Waals surface area contributed by atoms with Crippen molar-refractivity contribution in [1.82, 2.24) is 9.80 Å². The Kier molecular flexibility index (Phi) is 7.41. The van der Waals surface area contributed by atoms with Gasteiger partial charge in [-0.25, -0.2) is 0 Å². The third-order valence-electron chi connectivity index (χ3n) is 6.12. The molecule has 0 aliphatic carbocycles. The molecule has 0 spiro atoms. The van der Waals surface area contributed by atoms with Crippen molar-refractivity contribution >= 4 is 29.1 Å². The molecule has 0 unspecified atom stereocenters. The van der Waals surface area contributed by atoms with Gasteiger partial charge in [-0.05, 0) is 35.9 Å². The van der Waals surface area contributed by atoms with Gasteiger partial charge >= 0.3 is 0 Å².